The molecule has 0 amide bonds. The van der Waals surface area contributed by atoms with Crippen molar-refractivity contribution in [2.24, 2.45) is 0 Å². The molecule has 0 aliphatic heterocycles. The molecule has 0 saturated carbocycles. The molecule has 0 fully saturated rings. The molecular weight excluding hydrogens is 198 g/mol. The number of benzene rings is 1. The molecule has 0 aliphatic rings. The summed E-state index contributed by atoms with van der Waals surface area (Å²) < 4.78 is 0. The first kappa shape index (κ1) is 11.4. The zero-order valence-electron chi connectivity index (χ0n) is 8.36. The Kier molecular flexibility index (Phi) is 4.02. The molecule has 6 nitrogen and oxygen atoms in total. The molecule has 3 N–H and O–H groups in total. The van der Waals surface area contributed by atoms with Gasteiger partial charge in [0.2, 0.25) is 0 Å². The van der Waals surface area contributed by atoms with Gasteiger partial charge in [0.15, 0.2) is 0 Å². The monoisotopic (exact) mass is 211 g/mol. The Balaban J connectivity index is 2.76. The number of hydrogen-bond acceptors (Lipinski definition) is 5. The van der Waals surface area contributed by atoms with Crippen molar-refractivity contribution < 1.29 is 10.0 Å². The third-order valence-electron chi connectivity index (χ3n) is 1.89. The fourth-order valence-corrected chi connectivity index (χ4v) is 1.07. The van der Waals surface area contributed by atoms with Gasteiger partial charge in [-0.15, -0.1) is 0 Å². The molecule has 0 saturated heterocycles. The number of nitrogens with one attached hydrogen (secondary N) is 2. The van der Waals surface area contributed by atoms with E-state index in [4.69, 9.17) is 5.11 Å². The molecule has 1 aromatic carbocycles. The van der Waals surface area contributed by atoms with Crippen molar-refractivity contribution in [2.75, 3.05) is 18.6 Å². The van der Waals surface area contributed by atoms with Crippen LogP contribution in [-0.2, 0) is 0 Å². The van der Waals surface area contributed by atoms with Gasteiger partial charge in [-0.1, -0.05) is 6.07 Å². The highest BCUT2D eigenvalue weighted by atomic mass is 16.6. The lowest BCUT2D eigenvalue weighted by Crippen LogP contribution is -2.25. The van der Waals surface area contributed by atoms with Crippen LogP contribution in [0.15, 0.2) is 18.2 Å². The number of aryl methyl sites for hydroxylation is 1. The normalized spacial score (nSPS) is 10.0. The highest BCUT2D eigenvalue weighted by Crippen LogP contribution is 2.20. The predicted octanol–water partition coefficient (Wildman–Crippen LogP) is 0.812. The van der Waals surface area contributed by atoms with E-state index in [1.807, 2.05) is 6.92 Å². The first-order valence-electron chi connectivity index (χ1n) is 4.50. The van der Waals surface area contributed by atoms with Gasteiger partial charge < -0.3 is 10.5 Å². The van der Waals surface area contributed by atoms with E-state index in [0.717, 1.165) is 5.56 Å². The molecule has 82 valence electrons. The van der Waals surface area contributed by atoms with Crippen molar-refractivity contribution in [1.29, 1.82) is 0 Å². The Hall–Kier alpha value is -1.66. The fourth-order valence-electron chi connectivity index (χ4n) is 1.07. The Bertz CT molecular complexity index is 354. The van der Waals surface area contributed by atoms with Gasteiger partial charge in [-0.05, 0) is 12.5 Å². The summed E-state index contributed by atoms with van der Waals surface area (Å²) in [6.07, 6.45) is 0. The molecule has 0 radical (unpaired) electrons. The number of hydrazine groups is 1. The third-order valence-corrected chi connectivity index (χ3v) is 1.89. The summed E-state index contributed by atoms with van der Waals surface area (Å²) in [5.41, 5.74) is 7.10. The van der Waals surface area contributed by atoms with E-state index in [1.54, 1.807) is 6.07 Å². The second-order valence-corrected chi connectivity index (χ2v) is 3.03. The molecule has 15 heavy (non-hydrogen) atoms. The molecule has 0 heterocycles. The molecule has 0 aromatic heterocycles. The van der Waals surface area contributed by atoms with Gasteiger partial charge in [0.25, 0.3) is 5.69 Å². The number of non-ortho nitro benzene ring substituents is 1. The summed E-state index contributed by atoms with van der Waals surface area (Å²) in [6.45, 7) is 2.22. The molecule has 1 aromatic rings. The van der Waals surface area contributed by atoms with Crippen molar-refractivity contribution >= 4 is 11.4 Å². The summed E-state index contributed by atoms with van der Waals surface area (Å²) in [6, 6.07) is 4.56. The van der Waals surface area contributed by atoms with E-state index in [1.165, 1.54) is 12.1 Å². The SMILES string of the molecule is Cc1ccc([N+](=O)[O-])cc1NNCCO. The number of nitro benzene ring substituents is 1. The molecule has 6 heteroatoms. The lowest BCUT2D eigenvalue weighted by atomic mass is 10.2. The second kappa shape index (κ2) is 5.28. The number of rotatable bonds is 5. The van der Waals surface area contributed by atoms with Gasteiger partial charge in [-0.2, -0.15) is 0 Å². The van der Waals surface area contributed by atoms with E-state index < -0.39 is 4.92 Å². The summed E-state index contributed by atoms with van der Waals surface area (Å²) in [5.74, 6) is 0. The van der Waals surface area contributed by atoms with Gasteiger partial charge in [0.1, 0.15) is 0 Å². The lowest BCUT2D eigenvalue weighted by Gasteiger charge is -2.09. The van der Waals surface area contributed by atoms with Crippen molar-refractivity contribution in [3.8, 4) is 0 Å². The largest absolute Gasteiger partial charge is 0.395 e. The zero-order chi connectivity index (χ0) is 11.3. The van der Waals surface area contributed by atoms with E-state index in [2.05, 4.69) is 10.9 Å². The minimum Gasteiger partial charge on any atom is -0.395 e. The number of nitrogens with zero attached hydrogens (tertiary/aromatic N) is 1. The van der Waals surface area contributed by atoms with Gasteiger partial charge in [0.05, 0.1) is 17.2 Å². The average Bonchev–Trinajstić information content (AvgIpc) is 2.20. The van der Waals surface area contributed by atoms with E-state index in [-0.39, 0.29) is 12.3 Å². The van der Waals surface area contributed by atoms with Crippen molar-refractivity contribution in [3.05, 3.63) is 33.9 Å². The molecule has 0 aliphatic carbocycles. The van der Waals surface area contributed by atoms with Crippen LogP contribution in [-0.4, -0.2) is 23.2 Å². The number of nitro groups is 1. The summed E-state index contributed by atoms with van der Waals surface area (Å²) in [4.78, 5) is 10.1. The number of anilines is 1. The minimum absolute atomic E-state index is 0.000967. The Morgan fingerprint density at radius 3 is 2.87 bits per heavy atom. The predicted molar refractivity (Wildman–Crippen MR) is 56.5 cm³/mol. The first-order valence-corrected chi connectivity index (χ1v) is 4.50. The maximum Gasteiger partial charge on any atom is 0.271 e. The quantitative estimate of drug-likeness (QED) is 0.381. The van der Waals surface area contributed by atoms with Crippen LogP contribution in [0.5, 0.6) is 0 Å². The van der Waals surface area contributed by atoms with Crippen LogP contribution in [0.1, 0.15) is 5.56 Å². The van der Waals surface area contributed by atoms with Gasteiger partial charge in [-0.3, -0.25) is 10.1 Å². The maximum atomic E-state index is 10.5. The van der Waals surface area contributed by atoms with E-state index >= 15 is 0 Å². The maximum absolute atomic E-state index is 10.5. The molecule has 0 atom stereocenters. The number of aliphatic hydroxyl groups is 1. The molecule has 0 spiro atoms. The van der Waals surface area contributed by atoms with Crippen LogP contribution in [0, 0.1) is 17.0 Å². The van der Waals surface area contributed by atoms with E-state index in [9.17, 15) is 10.1 Å². The van der Waals surface area contributed by atoms with E-state index in [0.29, 0.717) is 12.2 Å². The Morgan fingerprint density at radius 1 is 1.53 bits per heavy atom. The fraction of sp³-hybridized carbons (Fsp3) is 0.333. The van der Waals surface area contributed by atoms with Gasteiger partial charge in [0, 0.05) is 18.7 Å². The Morgan fingerprint density at radius 2 is 2.27 bits per heavy atom. The summed E-state index contributed by atoms with van der Waals surface area (Å²) >= 11 is 0. The molecular formula is C9H13N3O3. The number of aliphatic hydroxyl groups excluding tert-OH is 1. The highest BCUT2D eigenvalue weighted by molar-refractivity contribution is 5.56. The standard InChI is InChI=1S/C9H13N3O3/c1-7-2-3-8(12(14)15)6-9(7)11-10-4-5-13/h2-3,6,10-11,13H,4-5H2,1H3. The topological polar surface area (TPSA) is 87.4 Å². The molecule has 0 unspecified atom stereocenters. The first-order chi connectivity index (χ1) is 7.15. The molecule has 1 rings (SSSR count). The van der Waals surface area contributed by atoms with Crippen LogP contribution >= 0.6 is 0 Å². The van der Waals surface area contributed by atoms with Crippen molar-refractivity contribution in [1.82, 2.24) is 5.43 Å². The minimum atomic E-state index is -0.448. The smallest absolute Gasteiger partial charge is 0.271 e. The number of hydrogen-bond donors (Lipinski definition) is 3. The second-order valence-electron chi connectivity index (χ2n) is 3.03. The summed E-state index contributed by atoms with van der Waals surface area (Å²) in [7, 11) is 0. The van der Waals surface area contributed by atoms with Crippen LogP contribution in [0.3, 0.4) is 0 Å². The van der Waals surface area contributed by atoms with Crippen LogP contribution in [0.2, 0.25) is 0 Å². The average molecular weight is 211 g/mol. The van der Waals surface area contributed by atoms with Gasteiger partial charge in [-0.25, -0.2) is 5.43 Å². The third kappa shape index (κ3) is 3.19. The van der Waals surface area contributed by atoms with Gasteiger partial charge >= 0.3 is 0 Å². The zero-order valence-corrected chi connectivity index (χ0v) is 8.36. The highest BCUT2D eigenvalue weighted by Gasteiger charge is 2.07. The van der Waals surface area contributed by atoms with Crippen LogP contribution in [0.4, 0.5) is 11.4 Å². The van der Waals surface area contributed by atoms with Crippen molar-refractivity contribution in [2.45, 2.75) is 6.92 Å². The summed E-state index contributed by atoms with van der Waals surface area (Å²) in [5, 5.41) is 19.1. The molecule has 0 bridgehead atoms. The van der Waals surface area contributed by atoms with Crippen LogP contribution < -0.4 is 10.9 Å². The van der Waals surface area contributed by atoms with Crippen LogP contribution in [0.25, 0.3) is 0 Å². The van der Waals surface area contributed by atoms with Crippen molar-refractivity contribution in [3.63, 3.8) is 0 Å². The lowest BCUT2D eigenvalue weighted by molar-refractivity contribution is -0.384. The Labute approximate surface area is 87.0 Å².